The van der Waals surface area contributed by atoms with Gasteiger partial charge in [0.1, 0.15) is 5.82 Å². The molecule has 0 bridgehead atoms. The van der Waals surface area contributed by atoms with Gasteiger partial charge in [0.05, 0.1) is 10.5 Å². The van der Waals surface area contributed by atoms with Gasteiger partial charge in [-0.2, -0.15) is 26.3 Å². The van der Waals surface area contributed by atoms with Crippen LogP contribution in [0.2, 0.25) is 0 Å². The first kappa shape index (κ1) is 22.9. The fourth-order valence-electron chi connectivity index (χ4n) is 2.01. The topological polar surface area (TPSA) is 34.1 Å². The summed E-state index contributed by atoms with van der Waals surface area (Å²) in [6, 6.07) is 1.25. The summed E-state index contributed by atoms with van der Waals surface area (Å²) in [7, 11) is -4.66. The first-order valence-corrected chi connectivity index (χ1v) is 8.86. The van der Waals surface area contributed by atoms with Gasteiger partial charge in [0.25, 0.3) is 0 Å². The molecule has 0 saturated carbocycles. The minimum absolute atomic E-state index is 0.306. The summed E-state index contributed by atoms with van der Waals surface area (Å²) < 4.78 is 115. The molecular formula is C17H15F7O2S. The molecule has 1 aromatic rings. The van der Waals surface area contributed by atoms with Crippen LogP contribution in [-0.2, 0) is 16.0 Å². The normalized spacial score (nSPS) is 14.4. The Morgan fingerprint density at radius 2 is 1.67 bits per heavy atom. The van der Waals surface area contributed by atoms with Gasteiger partial charge < -0.3 is 0 Å². The van der Waals surface area contributed by atoms with Crippen LogP contribution in [-0.4, -0.2) is 14.6 Å². The Hall–Kier alpha value is -2.10. The molecule has 1 rings (SSSR count). The smallest absolute Gasteiger partial charge is 0.219 e. The maximum atomic E-state index is 13.4. The zero-order chi connectivity index (χ0) is 21.2. The van der Waals surface area contributed by atoms with E-state index in [0.29, 0.717) is 37.3 Å². The van der Waals surface area contributed by atoms with E-state index in [1.54, 1.807) is 0 Å². The van der Waals surface area contributed by atoms with Crippen molar-refractivity contribution in [2.24, 2.45) is 0 Å². The van der Waals surface area contributed by atoms with E-state index < -0.39 is 54.5 Å². The number of sulfone groups is 1. The highest BCUT2D eigenvalue weighted by Crippen LogP contribution is 2.38. The number of hydrogen-bond acceptors (Lipinski definition) is 2. The van der Waals surface area contributed by atoms with Crippen molar-refractivity contribution in [3.63, 3.8) is 0 Å². The van der Waals surface area contributed by atoms with Crippen molar-refractivity contribution < 1.29 is 39.2 Å². The summed E-state index contributed by atoms with van der Waals surface area (Å²) in [6.07, 6.45) is -8.83. The molecule has 0 unspecified atom stereocenters. The lowest BCUT2D eigenvalue weighted by Crippen LogP contribution is -2.13. The van der Waals surface area contributed by atoms with E-state index in [1.807, 2.05) is 0 Å². The molecule has 2 nitrogen and oxygen atoms in total. The van der Waals surface area contributed by atoms with Gasteiger partial charge in [-0.3, -0.25) is 0 Å². The first-order chi connectivity index (χ1) is 12.1. The largest absolute Gasteiger partial charge is 0.417 e. The minimum Gasteiger partial charge on any atom is -0.219 e. The summed E-state index contributed by atoms with van der Waals surface area (Å²) in [5, 5.41) is 0. The standard InChI is InChI=1S/C17H15F7O2S/c1-4-13(7-5-10(2)16(19,20)21)27(25,26)11(3)14-9-12(18)6-8-15(14)17(22,23)24/h5-9H,3-4H2,1-2H3/b10-5+,13-7+. The SMILES string of the molecule is C=C(c1cc(F)ccc1C(F)(F)F)S(=O)(=O)/C(=C/C=C(\C)C(F)(F)F)CC. The lowest BCUT2D eigenvalue weighted by atomic mass is 10.1. The van der Waals surface area contributed by atoms with Gasteiger partial charge in [-0.25, -0.2) is 12.8 Å². The second kappa shape index (κ2) is 7.87. The molecule has 0 spiro atoms. The van der Waals surface area contributed by atoms with Crippen molar-refractivity contribution in [3.05, 3.63) is 64.4 Å². The van der Waals surface area contributed by atoms with Gasteiger partial charge in [-0.1, -0.05) is 19.6 Å². The van der Waals surface area contributed by atoms with E-state index in [2.05, 4.69) is 6.58 Å². The molecule has 27 heavy (non-hydrogen) atoms. The van der Waals surface area contributed by atoms with E-state index in [9.17, 15) is 39.2 Å². The third-order valence-electron chi connectivity index (χ3n) is 3.57. The van der Waals surface area contributed by atoms with Crippen LogP contribution in [0.5, 0.6) is 0 Å². The van der Waals surface area contributed by atoms with Gasteiger partial charge in [0.15, 0.2) is 0 Å². The summed E-state index contributed by atoms with van der Waals surface area (Å²) in [4.78, 5) is -1.64. The van der Waals surface area contributed by atoms with Gasteiger partial charge in [-0.05, 0) is 37.6 Å². The zero-order valence-electron chi connectivity index (χ0n) is 14.2. The molecule has 0 saturated heterocycles. The average molecular weight is 416 g/mol. The van der Waals surface area contributed by atoms with Gasteiger partial charge >= 0.3 is 12.4 Å². The van der Waals surface area contributed by atoms with E-state index >= 15 is 0 Å². The quantitative estimate of drug-likeness (QED) is 0.434. The van der Waals surface area contributed by atoms with Crippen LogP contribution in [0.25, 0.3) is 4.91 Å². The maximum Gasteiger partial charge on any atom is 0.417 e. The molecule has 0 aliphatic carbocycles. The molecule has 1 aromatic carbocycles. The van der Waals surface area contributed by atoms with Crippen molar-refractivity contribution in [1.29, 1.82) is 0 Å². The van der Waals surface area contributed by atoms with Crippen LogP contribution >= 0.6 is 0 Å². The lowest BCUT2D eigenvalue weighted by Gasteiger charge is -2.16. The molecule has 150 valence electrons. The van der Waals surface area contributed by atoms with Crippen LogP contribution in [0.4, 0.5) is 30.7 Å². The highest BCUT2D eigenvalue weighted by Gasteiger charge is 2.36. The summed E-state index contributed by atoms with van der Waals surface area (Å²) >= 11 is 0. The molecule has 0 aliphatic rings. The maximum absolute atomic E-state index is 13.4. The van der Waals surface area contributed by atoms with Crippen LogP contribution in [0.15, 0.2) is 47.4 Å². The van der Waals surface area contributed by atoms with Crippen LogP contribution in [0, 0.1) is 5.82 Å². The number of halogens is 7. The summed E-state index contributed by atoms with van der Waals surface area (Å²) in [5.74, 6) is -1.12. The molecule has 0 N–H and O–H groups in total. The third kappa shape index (κ3) is 5.44. The predicted octanol–water partition coefficient (Wildman–Crippen LogP) is 6.03. The van der Waals surface area contributed by atoms with Gasteiger partial charge in [0.2, 0.25) is 9.84 Å². The Kier molecular flexibility index (Phi) is 6.69. The van der Waals surface area contributed by atoms with Crippen LogP contribution in [0.1, 0.15) is 31.4 Å². The summed E-state index contributed by atoms with van der Waals surface area (Å²) in [6.45, 7) is 5.12. The Morgan fingerprint density at radius 1 is 1.11 bits per heavy atom. The fraction of sp³-hybridized carbons (Fsp3) is 0.294. The van der Waals surface area contributed by atoms with Crippen molar-refractivity contribution in [1.82, 2.24) is 0 Å². The second-order valence-corrected chi connectivity index (χ2v) is 7.47. The first-order valence-electron chi connectivity index (χ1n) is 7.38. The molecule has 0 amide bonds. The molecular weight excluding hydrogens is 401 g/mol. The van der Waals surface area contributed by atoms with E-state index in [1.165, 1.54) is 6.92 Å². The van der Waals surface area contributed by atoms with E-state index in [-0.39, 0.29) is 6.42 Å². The van der Waals surface area contributed by atoms with Gasteiger partial charge in [-0.15, -0.1) is 0 Å². The van der Waals surface area contributed by atoms with E-state index in [0.717, 1.165) is 0 Å². The second-order valence-electron chi connectivity index (χ2n) is 5.45. The highest BCUT2D eigenvalue weighted by atomic mass is 32.2. The van der Waals surface area contributed by atoms with Crippen molar-refractivity contribution in [3.8, 4) is 0 Å². The Labute approximate surface area is 151 Å². The number of hydrogen-bond donors (Lipinski definition) is 0. The number of benzene rings is 1. The zero-order valence-corrected chi connectivity index (χ0v) is 15.0. The number of allylic oxidation sites excluding steroid dienone is 4. The third-order valence-corrected chi connectivity index (χ3v) is 5.56. The Morgan fingerprint density at radius 3 is 2.11 bits per heavy atom. The predicted molar refractivity (Wildman–Crippen MR) is 87.5 cm³/mol. The van der Waals surface area contributed by atoms with Crippen molar-refractivity contribution in [2.45, 2.75) is 32.6 Å². The molecule has 0 radical (unpaired) electrons. The number of rotatable bonds is 5. The molecule has 0 heterocycles. The number of alkyl halides is 6. The molecule has 0 fully saturated rings. The van der Waals surface area contributed by atoms with Gasteiger partial charge in [0, 0.05) is 16.0 Å². The Bertz CT molecular complexity index is 889. The molecule has 0 aromatic heterocycles. The van der Waals surface area contributed by atoms with Crippen LogP contribution in [0.3, 0.4) is 0 Å². The monoisotopic (exact) mass is 416 g/mol. The Balaban J connectivity index is 3.52. The molecule has 10 heteroatoms. The molecule has 0 aliphatic heterocycles. The highest BCUT2D eigenvalue weighted by molar-refractivity contribution is 8.04. The van der Waals surface area contributed by atoms with E-state index in [4.69, 9.17) is 0 Å². The summed E-state index contributed by atoms with van der Waals surface area (Å²) in [5.41, 5.74) is -3.52. The van der Waals surface area contributed by atoms with Crippen LogP contribution < -0.4 is 0 Å². The average Bonchev–Trinajstić information content (AvgIpc) is 2.51. The van der Waals surface area contributed by atoms with Crippen molar-refractivity contribution in [2.75, 3.05) is 0 Å². The minimum atomic E-state index is -4.98. The lowest BCUT2D eigenvalue weighted by molar-refractivity contribution is -0.137. The van der Waals surface area contributed by atoms with Crippen molar-refractivity contribution >= 4 is 14.7 Å². The molecule has 0 atom stereocenters. The fourth-order valence-corrected chi connectivity index (χ4v) is 3.41.